The molecule has 2 aromatic rings. The Morgan fingerprint density at radius 2 is 2.09 bits per heavy atom. The largest absolute Gasteiger partial charge is 0.472 e. The molecule has 1 amide bonds. The van der Waals surface area contributed by atoms with Gasteiger partial charge in [0.2, 0.25) is 0 Å². The Balaban J connectivity index is 1.67. The van der Waals surface area contributed by atoms with E-state index >= 15 is 0 Å². The number of benzene rings is 1. The minimum Gasteiger partial charge on any atom is -0.472 e. The summed E-state index contributed by atoms with van der Waals surface area (Å²) >= 11 is 0. The molecule has 0 saturated carbocycles. The Morgan fingerprint density at radius 3 is 2.77 bits per heavy atom. The smallest absolute Gasteiger partial charge is 0.328 e. The van der Waals surface area contributed by atoms with Crippen LogP contribution in [0.15, 0.2) is 47.3 Å². The van der Waals surface area contributed by atoms with Gasteiger partial charge in [-0.05, 0) is 31.2 Å². The van der Waals surface area contributed by atoms with Gasteiger partial charge in [0.25, 0.3) is 5.91 Å². The number of carbonyl (C=O) groups excluding carboxylic acids is 2. The van der Waals surface area contributed by atoms with Crippen LogP contribution in [0.25, 0.3) is 0 Å². The van der Waals surface area contributed by atoms with Gasteiger partial charge in [-0.15, -0.1) is 0 Å². The molecule has 22 heavy (non-hydrogen) atoms. The van der Waals surface area contributed by atoms with Crippen molar-refractivity contribution in [1.29, 1.82) is 0 Å². The molecular weight excluding hydrogens is 284 g/mol. The van der Waals surface area contributed by atoms with Gasteiger partial charge >= 0.3 is 5.97 Å². The van der Waals surface area contributed by atoms with E-state index in [1.54, 1.807) is 24.3 Å². The van der Waals surface area contributed by atoms with Crippen molar-refractivity contribution in [2.75, 3.05) is 10.6 Å². The lowest BCUT2D eigenvalue weighted by molar-refractivity contribution is -0.141. The zero-order chi connectivity index (χ0) is 15.5. The van der Waals surface area contributed by atoms with Crippen LogP contribution in [-0.2, 0) is 9.53 Å². The first-order chi connectivity index (χ1) is 10.6. The molecule has 3 rings (SSSR count). The van der Waals surface area contributed by atoms with Crippen LogP contribution in [0.4, 0.5) is 11.4 Å². The summed E-state index contributed by atoms with van der Waals surface area (Å²) in [5, 5.41) is 5.90. The molecule has 0 spiro atoms. The van der Waals surface area contributed by atoms with Crippen LogP contribution in [0.3, 0.4) is 0 Å². The van der Waals surface area contributed by atoms with Gasteiger partial charge in [-0.1, -0.05) is 6.07 Å². The minimum absolute atomic E-state index is 0.0750. The van der Waals surface area contributed by atoms with Gasteiger partial charge in [-0.2, -0.15) is 0 Å². The second kappa shape index (κ2) is 5.93. The third-order valence-corrected chi connectivity index (χ3v) is 3.41. The van der Waals surface area contributed by atoms with E-state index in [0.717, 1.165) is 5.69 Å². The molecule has 0 radical (unpaired) electrons. The van der Waals surface area contributed by atoms with Crippen molar-refractivity contribution in [3.63, 3.8) is 0 Å². The van der Waals surface area contributed by atoms with Gasteiger partial charge in [-0.25, -0.2) is 4.79 Å². The second-order valence-corrected chi connectivity index (χ2v) is 5.23. The first-order valence-corrected chi connectivity index (χ1v) is 7.02. The number of nitrogens with one attached hydrogen (secondary N) is 2. The van der Waals surface area contributed by atoms with Gasteiger partial charge in [0.1, 0.15) is 18.4 Å². The van der Waals surface area contributed by atoms with Crippen molar-refractivity contribution in [2.24, 2.45) is 0 Å². The monoisotopic (exact) mass is 300 g/mol. The molecule has 6 nitrogen and oxygen atoms in total. The number of furan rings is 1. The average Bonchev–Trinajstić information content (AvgIpc) is 3.10. The Bertz CT molecular complexity index is 681. The standard InChI is InChI=1S/C16H16N2O4/c1-10-7-14(16(20)22-10)17-12-3-2-4-13(8-12)18-15(19)11-5-6-21-9-11/h2-6,8-10,14,17H,7H2,1H3,(H,18,19)/t10-,14+/m0/s1. The molecule has 1 saturated heterocycles. The number of ether oxygens (including phenoxy) is 1. The number of esters is 1. The van der Waals surface area contributed by atoms with Crippen LogP contribution in [-0.4, -0.2) is 24.0 Å². The van der Waals surface area contributed by atoms with Crippen LogP contribution < -0.4 is 10.6 Å². The van der Waals surface area contributed by atoms with E-state index in [9.17, 15) is 9.59 Å². The highest BCUT2D eigenvalue weighted by Crippen LogP contribution is 2.22. The number of hydrogen-bond donors (Lipinski definition) is 2. The van der Waals surface area contributed by atoms with Crippen molar-refractivity contribution in [2.45, 2.75) is 25.5 Å². The number of hydrogen-bond acceptors (Lipinski definition) is 5. The quantitative estimate of drug-likeness (QED) is 0.848. The van der Waals surface area contributed by atoms with E-state index in [2.05, 4.69) is 10.6 Å². The molecule has 1 aromatic carbocycles. The third kappa shape index (κ3) is 3.11. The molecule has 2 heterocycles. The van der Waals surface area contributed by atoms with Crippen molar-refractivity contribution in [3.8, 4) is 0 Å². The summed E-state index contributed by atoms with van der Waals surface area (Å²) in [7, 11) is 0. The number of rotatable bonds is 4. The highest BCUT2D eigenvalue weighted by atomic mass is 16.6. The maximum atomic E-state index is 12.0. The highest BCUT2D eigenvalue weighted by molar-refractivity contribution is 6.04. The molecule has 0 aliphatic carbocycles. The molecule has 114 valence electrons. The van der Waals surface area contributed by atoms with Crippen LogP contribution in [0.5, 0.6) is 0 Å². The molecule has 1 aliphatic heterocycles. The lowest BCUT2D eigenvalue weighted by Crippen LogP contribution is -2.24. The Labute approximate surface area is 127 Å². The molecule has 0 bridgehead atoms. The number of carbonyl (C=O) groups is 2. The van der Waals surface area contributed by atoms with E-state index in [-0.39, 0.29) is 24.0 Å². The number of cyclic esters (lactones) is 1. The molecule has 2 N–H and O–H groups in total. The lowest BCUT2D eigenvalue weighted by atomic mass is 10.1. The molecule has 0 unspecified atom stereocenters. The topological polar surface area (TPSA) is 80.6 Å². The van der Waals surface area contributed by atoms with Crippen LogP contribution >= 0.6 is 0 Å². The maximum Gasteiger partial charge on any atom is 0.328 e. The molecule has 6 heteroatoms. The van der Waals surface area contributed by atoms with Crippen molar-refractivity contribution in [3.05, 3.63) is 48.4 Å². The van der Waals surface area contributed by atoms with Crippen LogP contribution in [0.2, 0.25) is 0 Å². The predicted octanol–water partition coefficient (Wildman–Crippen LogP) is 2.65. The van der Waals surface area contributed by atoms with E-state index in [4.69, 9.17) is 9.15 Å². The van der Waals surface area contributed by atoms with E-state index in [0.29, 0.717) is 17.7 Å². The molecule has 1 aliphatic rings. The number of amides is 1. The summed E-state index contributed by atoms with van der Waals surface area (Å²) in [6.07, 6.45) is 3.38. The SMILES string of the molecule is C[C@H]1C[C@@H](Nc2cccc(NC(=O)c3ccoc3)c2)C(=O)O1. The summed E-state index contributed by atoms with van der Waals surface area (Å²) in [5.41, 5.74) is 1.84. The van der Waals surface area contributed by atoms with Gasteiger partial charge < -0.3 is 19.8 Å². The number of anilines is 2. The fourth-order valence-electron chi connectivity index (χ4n) is 2.36. The zero-order valence-corrected chi connectivity index (χ0v) is 12.0. The Morgan fingerprint density at radius 1 is 1.27 bits per heavy atom. The molecule has 1 fully saturated rings. The van der Waals surface area contributed by atoms with E-state index in [1.807, 2.05) is 13.0 Å². The van der Waals surface area contributed by atoms with Crippen molar-refractivity contribution < 1.29 is 18.7 Å². The normalized spacial score (nSPS) is 20.5. The predicted molar refractivity (Wildman–Crippen MR) is 80.7 cm³/mol. The Hall–Kier alpha value is -2.76. The van der Waals surface area contributed by atoms with E-state index in [1.165, 1.54) is 12.5 Å². The van der Waals surface area contributed by atoms with Gasteiger partial charge in [-0.3, -0.25) is 4.79 Å². The second-order valence-electron chi connectivity index (χ2n) is 5.23. The highest BCUT2D eigenvalue weighted by Gasteiger charge is 2.31. The van der Waals surface area contributed by atoms with E-state index < -0.39 is 0 Å². The minimum atomic E-state index is -0.352. The molecule has 2 atom stereocenters. The zero-order valence-electron chi connectivity index (χ0n) is 12.0. The van der Waals surface area contributed by atoms with Crippen LogP contribution in [0.1, 0.15) is 23.7 Å². The molecule has 1 aromatic heterocycles. The van der Waals surface area contributed by atoms with Crippen molar-refractivity contribution in [1.82, 2.24) is 0 Å². The summed E-state index contributed by atoms with van der Waals surface area (Å²) in [5.74, 6) is -0.500. The Kier molecular flexibility index (Phi) is 3.82. The first kappa shape index (κ1) is 14.2. The maximum absolute atomic E-state index is 12.0. The summed E-state index contributed by atoms with van der Waals surface area (Å²) in [6.45, 7) is 1.86. The van der Waals surface area contributed by atoms with Gasteiger partial charge in [0.05, 0.1) is 11.8 Å². The van der Waals surface area contributed by atoms with Crippen LogP contribution in [0, 0.1) is 0 Å². The first-order valence-electron chi connectivity index (χ1n) is 7.02. The fraction of sp³-hybridized carbons (Fsp3) is 0.250. The summed E-state index contributed by atoms with van der Waals surface area (Å²) in [6, 6.07) is 8.43. The third-order valence-electron chi connectivity index (χ3n) is 3.41. The summed E-state index contributed by atoms with van der Waals surface area (Å²) < 4.78 is 9.99. The van der Waals surface area contributed by atoms with Gasteiger partial charge in [0, 0.05) is 17.8 Å². The fourth-order valence-corrected chi connectivity index (χ4v) is 2.36. The average molecular weight is 300 g/mol. The molecular formula is C16H16N2O4. The van der Waals surface area contributed by atoms with Crippen molar-refractivity contribution >= 4 is 23.3 Å². The lowest BCUT2D eigenvalue weighted by Gasteiger charge is -2.12. The van der Waals surface area contributed by atoms with Gasteiger partial charge in [0.15, 0.2) is 0 Å². The summed E-state index contributed by atoms with van der Waals surface area (Å²) in [4.78, 5) is 23.6.